The van der Waals surface area contributed by atoms with Crippen molar-refractivity contribution in [3.05, 3.63) is 59.2 Å². The van der Waals surface area contributed by atoms with E-state index in [0.717, 1.165) is 16.2 Å². The summed E-state index contributed by atoms with van der Waals surface area (Å²) in [6, 6.07) is 13.0. The van der Waals surface area contributed by atoms with Crippen LogP contribution in [0.1, 0.15) is 40.1 Å². The lowest BCUT2D eigenvalue weighted by atomic mass is 10.1. The smallest absolute Gasteiger partial charge is 0.261 e. The average Bonchev–Trinajstić information content (AvgIpc) is 2.84. The van der Waals surface area contributed by atoms with E-state index in [9.17, 15) is 14.4 Å². The van der Waals surface area contributed by atoms with E-state index in [1.807, 2.05) is 49.9 Å². The summed E-state index contributed by atoms with van der Waals surface area (Å²) in [4.78, 5) is 39.7. The first-order valence-corrected chi connectivity index (χ1v) is 8.87. The monoisotopic (exact) mass is 365 g/mol. The summed E-state index contributed by atoms with van der Waals surface area (Å²) < 4.78 is 0. The minimum absolute atomic E-state index is 0.145. The number of nitrogens with one attached hydrogen (secondary N) is 1. The van der Waals surface area contributed by atoms with Gasteiger partial charge in [0.1, 0.15) is 0 Å². The molecule has 0 bridgehead atoms. The first-order valence-electron chi connectivity index (χ1n) is 8.87. The molecule has 0 aromatic heterocycles. The number of fused-ring (bicyclic) bond motifs is 1. The first kappa shape index (κ1) is 18.6. The Labute approximate surface area is 158 Å². The predicted octanol–water partition coefficient (Wildman–Crippen LogP) is 3.07. The maximum absolute atomic E-state index is 12.6. The molecule has 27 heavy (non-hydrogen) atoms. The summed E-state index contributed by atoms with van der Waals surface area (Å²) in [5.41, 5.74) is 3.32. The summed E-state index contributed by atoms with van der Waals surface area (Å²) in [5.74, 6) is -0.859. The fourth-order valence-corrected chi connectivity index (χ4v) is 3.10. The second kappa shape index (κ2) is 7.23. The first-order chi connectivity index (χ1) is 12.8. The SMILES string of the molecule is Cc1ccc(N(CC(=O)Nc2ccc3c(c2)C(=O)N(C)C3=O)C(C)C)cc1. The Balaban J connectivity index is 1.74. The Kier molecular flexibility index (Phi) is 4.99. The van der Waals surface area contributed by atoms with Crippen LogP contribution in [0.5, 0.6) is 0 Å². The third kappa shape index (κ3) is 3.69. The molecule has 0 spiro atoms. The maximum atomic E-state index is 12.6. The van der Waals surface area contributed by atoms with Crippen LogP contribution in [0, 0.1) is 6.92 Å². The average molecular weight is 365 g/mol. The van der Waals surface area contributed by atoms with Gasteiger partial charge in [-0.05, 0) is 51.1 Å². The van der Waals surface area contributed by atoms with Gasteiger partial charge < -0.3 is 10.2 Å². The Morgan fingerprint density at radius 2 is 1.67 bits per heavy atom. The lowest BCUT2D eigenvalue weighted by Gasteiger charge is -2.28. The van der Waals surface area contributed by atoms with Crippen LogP contribution in [0.25, 0.3) is 0 Å². The van der Waals surface area contributed by atoms with Crippen LogP contribution < -0.4 is 10.2 Å². The molecule has 0 saturated heterocycles. The summed E-state index contributed by atoms with van der Waals surface area (Å²) in [5, 5.41) is 2.83. The van der Waals surface area contributed by atoms with Gasteiger partial charge in [0.2, 0.25) is 5.91 Å². The predicted molar refractivity (Wildman–Crippen MR) is 105 cm³/mol. The van der Waals surface area contributed by atoms with E-state index in [-0.39, 0.29) is 30.3 Å². The molecule has 2 aromatic rings. The van der Waals surface area contributed by atoms with Crippen LogP contribution in [0.15, 0.2) is 42.5 Å². The van der Waals surface area contributed by atoms with Gasteiger partial charge in [0.25, 0.3) is 11.8 Å². The van der Waals surface area contributed by atoms with Crippen LogP contribution in [0.3, 0.4) is 0 Å². The molecule has 0 saturated carbocycles. The molecular weight excluding hydrogens is 342 g/mol. The number of imide groups is 1. The van der Waals surface area contributed by atoms with Crippen LogP contribution in [0.2, 0.25) is 0 Å². The molecule has 140 valence electrons. The molecule has 6 heteroatoms. The van der Waals surface area contributed by atoms with Crippen molar-refractivity contribution < 1.29 is 14.4 Å². The Morgan fingerprint density at radius 1 is 1.04 bits per heavy atom. The lowest BCUT2D eigenvalue weighted by molar-refractivity contribution is -0.115. The van der Waals surface area contributed by atoms with E-state index in [4.69, 9.17) is 0 Å². The van der Waals surface area contributed by atoms with Crippen molar-refractivity contribution in [2.45, 2.75) is 26.8 Å². The molecule has 0 fully saturated rings. The number of aryl methyl sites for hydroxylation is 1. The highest BCUT2D eigenvalue weighted by atomic mass is 16.2. The normalized spacial score (nSPS) is 13.1. The highest BCUT2D eigenvalue weighted by Crippen LogP contribution is 2.25. The molecule has 0 aliphatic carbocycles. The number of benzene rings is 2. The molecule has 0 radical (unpaired) electrons. The fourth-order valence-electron chi connectivity index (χ4n) is 3.10. The van der Waals surface area contributed by atoms with Crippen molar-refractivity contribution >= 4 is 29.1 Å². The number of nitrogens with zero attached hydrogens (tertiary/aromatic N) is 2. The summed E-state index contributed by atoms with van der Waals surface area (Å²) in [6.07, 6.45) is 0. The molecular formula is C21H23N3O3. The minimum atomic E-state index is -0.352. The molecule has 1 heterocycles. The third-order valence-electron chi connectivity index (χ3n) is 4.68. The van der Waals surface area contributed by atoms with Crippen molar-refractivity contribution in [1.82, 2.24) is 4.90 Å². The fraction of sp³-hybridized carbons (Fsp3) is 0.286. The van der Waals surface area contributed by atoms with Gasteiger partial charge in [0.15, 0.2) is 0 Å². The quantitative estimate of drug-likeness (QED) is 0.827. The topological polar surface area (TPSA) is 69.7 Å². The Bertz CT molecular complexity index is 903. The van der Waals surface area contributed by atoms with E-state index >= 15 is 0 Å². The van der Waals surface area contributed by atoms with Crippen LogP contribution in [-0.2, 0) is 4.79 Å². The molecule has 2 aromatic carbocycles. The number of hydrogen-bond acceptors (Lipinski definition) is 4. The van der Waals surface area contributed by atoms with Gasteiger partial charge in [-0.15, -0.1) is 0 Å². The van der Waals surface area contributed by atoms with Crippen molar-refractivity contribution in [3.63, 3.8) is 0 Å². The molecule has 1 aliphatic rings. The van der Waals surface area contributed by atoms with Gasteiger partial charge in [0, 0.05) is 24.5 Å². The third-order valence-corrected chi connectivity index (χ3v) is 4.68. The number of carbonyl (C=O) groups is 3. The van der Waals surface area contributed by atoms with Gasteiger partial charge in [-0.2, -0.15) is 0 Å². The standard InChI is InChI=1S/C21H23N3O3/c1-13(2)24(16-8-5-14(3)6-9-16)12-19(25)22-15-7-10-17-18(11-15)21(27)23(4)20(17)26/h5-11,13H,12H2,1-4H3,(H,22,25). The number of anilines is 2. The lowest BCUT2D eigenvalue weighted by Crippen LogP contribution is -2.38. The van der Waals surface area contributed by atoms with Gasteiger partial charge in [-0.25, -0.2) is 0 Å². The van der Waals surface area contributed by atoms with Crippen molar-refractivity contribution in [2.24, 2.45) is 0 Å². The van der Waals surface area contributed by atoms with Crippen LogP contribution >= 0.6 is 0 Å². The van der Waals surface area contributed by atoms with Crippen molar-refractivity contribution in [2.75, 3.05) is 23.8 Å². The number of carbonyl (C=O) groups excluding carboxylic acids is 3. The Morgan fingerprint density at radius 3 is 2.30 bits per heavy atom. The van der Waals surface area contributed by atoms with E-state index in [0.29, 0.717) is 16.8 Å². The summed E-state index contributed by atoms with van der Waals surface area (Å²) >= 11 is 0. The molecule has 3 rings (SSSR count). The van der Waals surface area contributed by atoms with Gasteiger partial charge in [0.05, 0.1) is 17.7 Å². The highest BCUT2D eigenvalue weighted by molar-refractivity contribution is 6.21. The van der Waals surface area contributed by atoms with Crippen molar-refractivity contribution in [1.29, 1.82) is 0 Å². The largest absolute Gasteiger partial charge is 0.360 e. The minimum Gasteiger partial charge on any atom is -0.360 e. The van der Waals surface area contributed by atoms with E-state index in [1.54, 1.807) is 18.2 Å². The zero-order chi connectivity index (χ0) is 19.7. The zero-order valence-electron chi connectivity index (χ0n) is 15.9. The zero-order valence-corrected chi connectivity index (χ0v) is 15.9. The van der Waals surface area contributed by atoms with E-state index < -0.39 is 0 Å². The molecule has 1 N–H and O–H groups in total. The van der Waals surface area contributed by atoms with Gasteiger partial charge >= 0.3 is 0 Å². The number of amides is 3. The Hall–Kier alpha value is -3.15. The van der Waals surface area contributed by atoms with Crippen LogP contribution in [-0.4, -0.2) is 42.3 Å². The molecule has 3 amide bonds. The second-order valence-electron chi connectivity index (χ2n) is 7.04. The highest BCUT2D eigenvalue weighted by Gasteiger charge is 2.32. The summed E-state index contributed by atoms with van der Waals surface area (Å²) in [7, 11) is 1.45. The van der Waals surface area contributed by atoms with Gasteiger partial charge in [-0.3, -0.25) is 19.3 Å². The molecule has 6 nitrogen and oxygen atoms in total. The van der Waals surface area contributed by atoms with E-state index in [2.05, 4.69) is 5.32 Å². The van der Waals surface area contributed by atoms with E-state index in [1.165, 1.54) is 7.05 Å². The van der Waals surface area contributed by atoms with Gasteiger partial charge in [-0.1, -0.05) is 17.7 Å². The summed E-state index contributed by atoms with van der Waals surface area (Å²) in [6.45, 7) is 6.27. The number of hydrogen-bond donors (Lipinski definition) is 1. The molecule has 0 atom stereocenters. The van der Waals surface area contributed by atoms with Crippen LogP contribution in [0.4, 0.5) is 11.4 Å². The molecule has 0 unspecified atom stereocenters. The molecule has 1 aliphatic heterocycles. The second-order valence-corrected chi connectivity index (χ2v) is 7.04. The maximum Gasteiger partial charge on any atom is 0.261 e. The van der Waals surface area contributed by atoms with Crippen molar-refractivity contribution in [3.8, 4) is 0 Å². The number of rotatable bonds is 5.